The summed E-state index contributed by atoms with van der Waals surface area (Å²) in [5.41, 5.74) is 2.13. The van der Waals surface area contributed by atoms with Crippen LogP contribution in [0.4, 0.5) is 5.00 Å². The van der Waals surface area contributed by atoms with Gasteiger partial charge in [0.1, 0.15) is 10.6 Å². The summed E-state index contributed by atoms with van der Waals surface area (Å²) in [6.45, 7) is 3.95. The van der Waals surface area contributed by atoms with Crippen LogP contribution in [0.5, 0.6) is 0 Å². The zero-order valence-electron chi connectivity index (χ0n) is 13.0. The van der Waals surface area contributed by atoms with E-state index in [-0.39, 0.29) is 24.8 Å². The quantitative estimate of drug-likeness (QED) is 0.617. The summed E-state index contributed by atoms with van der Waals surface area (Å²) in [5.74, 6) is -0.417. The molecule has 0 aliphatic heterocycles. The number of nitrogens with one attached hydrogen (secondary N) is 1. The van der Waals surface area contributed by atoms with Crippen LogP contribution < -0.4 is 5.32 Å². The molecule has 4 nitrogen and oxygen atoms in total. The third kappa shape index (κ3) is 4.12. The van der Waals surface area contributed by atoms with E-state index >= 15 is 0 Å². The number of hydrogen-bond acceptors (Lipinski definition) is 4. The number of thiophene rings is 1. The van der Waals surface area contributed by atoms with Gasteiger partial charge in [0.05, 0.1) is 6.61 Å². The molecule has 2 aromatic rings. The number of alkyl halides is 1. The standard InChI is InChI=1S/C17H18ClNO3S/c1-3-22-17(21)15-14(12-7-5-4-6-8-12)11(2)23-16(15)19-13(20)9-10-18/h4-8H,3,9-10H2,1-2H3,(H,19,20). The first-order valence-corrected chi connectivity index (χ1v) is 8.65. The Labute approximate surface area is 144 Å². The number of carbonyl (C=O) groups is 2. The van der Waals surface area contributed by atoms with Crippen LogP contribution >= 0.6 is 22.9 Å². The molecule has 2 rings (SSSR count). The number of aryl methyl sites for hydroxylation is 1. The molecule has 0 bridgehead atoms. The highest BCUT2D eigenvalue weighted by atomic mass is 35.5. The van der Waals surface area contributed by atoms with Gasteiger partial charge < -0.3 is 10.1 Å². The number of hydrogen-bond donors (Lipinski definition) is 1. The summed E-state index contributed by atoms with van der Waals surface area (Å²) in [5, 5.41) is 3.29. The molecule has 0 saturated carbocycles. The van der Waals surface area contributed by atoms with Crippen LogP contribution in [0, 0.1) is 6.92 Å². The molecule has 23 heavy (non-hydrogen) atoms. The van der Waals surface area contributed by atoms with Gasteiger partial charge in [-0.05, 0) is 19.4 Å². The molecule has 0 aliphatic rings. The molecule has 1 amide bonds. The van der Waals surface area contributed by atoms with Gasteiger partial charge in [0.25, 0.3) is 0 Å². The maximum absolute atomic E-state index is 12.4. The predicted octanol–water partition coefficient (Wildman–Crippen LogP) is 4.47. The number of amides is 1. The van der Waals surface area contributed by atoms with Gasteiger partial charge in [-0.15, -0.1) is 22.9 Å². The van der Waals surface area contributed by atoms with Crippen LogP contribution in [-0.4, -0.2) is 24.4 Å². The van der Waals surface area contributed by atoms with Gasteiger partial charge >= 0.3 is 5.97 Å². The first kappa shape index (κ1) is 17.5. The van der Waals surface area contributed by atoms with Gasteiger partial charge in [-0.25, -0.2) is 4.79 Å². The van der Waals surface area contributed by atoms with Crippen LogP contribution in [0.15, 0.2) is 30.3 Å². The van der Waals surface area contributed by atoms with Crippen molar-refractivity contribution >= 4 is 39.8 Å². The van der Waals surface area contributed by atoms with E-state index in [9.17, 15) is 9.59 Å². The van der Waals surface area contributed by atoms with E-state index < -0.39 is 5.97 Å². The van der Waals surface area contributed by atoms with Gasteiger partial charge in [0.2, 0.25) is 5.91 Å². The molecule has 0 aliphatic carbocycles. The second kappa shape index (κ2) is 8.13. The van der Waals surface area contributed by atoms with Crippen molar-refractivity contribution in [2.45, 2.75) is 20.3 Å². The van der Waals surface area contributed by atoms with Gasteiger partial charge in [-0.1, -0.05) is 30.3 Å². The van der Waals surface area contributed by atoms with E-state index in [2.05, 4.69) is 5.32 Å². The lowest BCUT2D eigenvalue weighted by Gasteiger charge is -2.08. The number of ether oxygens (including phenoxy) is 1. The third-order valence-corrected chi connectivity index (χ3v) is 4.41. The molecule has 6 heteroatoms. The fourth-order valence-corrected chi connectivity index (χ4v) is 3.51. The maximum atomic E-state index is 12.4. The van der Waals surface area contributed by atoms with Crippen molar-refractivity contribution < 1.29 is 14.3 Å². The number of halogens is 1. The van der Waals surface area contributed by atoms with E-state index in [4.69, 9.17) is 16.3 Å². The minimum absolute atomic E-state index is 0.196. The Bertz CT molecular complexity index is 697. The third-order valence-electron chi connectivity index (χ3n) is 3.20. The number of carbonyl (C=O) groups excluding carboxylic acids is 2. The van der Waals surface area contributed by atoms with Crippen molar-refractivity contribution in [3.8, 4) is 11.1 Å². The lowest BCUT2D eigenvalue weighted by atomic mass is 10.0. The monoisotopic (exact) mass is 351 g/mol. The minimum atomic E-state index is -0.433. The molecule has 1 aromatic heterocycles. The molecule has 0 fully saturated rings. The van der Waals surface area contributed by atoms with Crippen LogP contribution in [0.1, 0.15) is 28.6 Å². The highest BCUT2D eigenvalue weighted by Gasteiger charge is 2.25. The highest BCUT2D eigenvalue weighted by molar-refractivity contribution is 7.17. The Morgan fingerprint density at radius 2 is 1.96 bits per heavy atom. The summed E-state index contributed by atoms with van der Waals surface area (Å²) in [7, 11) is 0. The summed E-state index contributed by atoms with van der Waals surface area (Å²) in [6, 6.07) is 9.60. The SMILES string of the molecule is CCOC(=O)c1c(NC(=O)CCCl)sc(C)c1-c1ccccc1. The Morgan fingerprint density at radius 1 is 1.26 bits per heavy atom. The number of rotatable bonds is 6. The Morgan fingerprint density at radius 3 is 2.57 bits per heavy atom. The lowest BCUT2D eigenvalue weighted by Crippen LogP contribution is -2.14. The lowest BCUT2D eigenvalue weighted by molar-refractivity contribution is -0.115. The largest absolute Gasteiger partial charge is 0.462 e. The van der Waals surface area contributed by atoms with E-state index in [1.165, 1.54) is 11.3 Å². The Balaban J connectivity index is 2.51. The van der Waals surface area contributed by atoms with Crippen molar-refractivity contribution in [1.29, 1.82) is 0 Å². The number of benzene rings is 1. The molecular weight excluding hydrogens is 334 g/mol. The molecule has 1 aromatic carbocycles. The maximum Gasteiger partial charge on any atom is 0.341 e. The van der Waals surface area contributed by atoms with E-state index in [1.807, 2.05) is 37.3 Å². The second-order valence-corrected chi connectivity index (χ2v) is 6.41. The first-order chi connectivity index (χ1) is 11.1. The molecule has 1 N–H and O–H groups in total. The van der Waals surface area contributed by atoms with Crippen LogP contribution in [-0.2, 0) is 9.53 Å². The fourth-order valence-electron chi connectivity index (χ4n) is 2.26. The predicted molar refractivity (Wildman–Crippen MR) is 94.4 cm³/mol. The highest BCUT2D eigenvalue weighted by Crippen LogP contribution is 2.40. The van der Waals surface area contributed by atoms with E-state index in [0.717, 1.165) is 16.0 Å². The van der Waals surface area contributed by atoms with Crippen LogP contribution in [0.3, 0.4) is 0 Å². The average Bonchev–Trinajstić information content (AvgIpc) is 2.84. The van der Waals surface area contributed by atoms with Gasteiger partial charge in [-0.3, -0.25) is 4.79 Å². The average molecular weight is 352 g/mol. The molecule has 0 spiro atoms. The topological polar surface area (TPSA) is 55.4 Å². The molecule has 122 valence electrons. The van der Waals surface area contributed by atoms with Crippen molar-refractivity contribution in [2.24, 2.45) is 0 Å². The summed E-state index contributed by atoms with van der Waals surface area (Å²) >= 11 is 6.97. The van der Waals surface area contributed by atoms with E-state index in [1.54, 1.807) is 6.92 Å². The van der Waals surface area contributed by atoms with Crippen molar-refractivity contribution in [2.75, 3.05) is 17.8 Å². The smallest absolute Gasteiger partial charge is 0.341 e. The zero-order valence-corrected chi connectivity index (χ0v) is 14.6. The fraction of sp³-hybridized carbons (Fsp3) is 0.294. The summed E-state index contributed by atoms with van der Waals surface area (Å²) in [4.78, 5) is 25.2. The summed E-state index contributed by atoms with van der Waals surface area (Å²) < 4.78 is 5.18. The normalized spacial score (nSPS) is 10.4. The van der Waals surface area contributed by atoms with Crippen molar-refractivity contribution in [1.82, 2.24) is 0 Å². The Kier molecular flexibility index (Phi) is 6.19. The molecule has 1 heterocycles. The Hall–Kier alpha value is -1.85. The molecular formula is C17H18ClNO3S. The number of anilines is 1. The van der Waals surface area contributed by atoms with Gasteiger partial charge in [0.15, 0.2) is 0 Å². The minimum Gasteiger partial charge on any atom is -0.462 e. The molecule has 0 atom stereocenters. The van der Waals surface area contributed by atoms with Crippen molar-refractivity contribution in [3.05, 3.63) is 40.8 Å². The summed E-state index contributed by atoms with van der Waals surface area (Å²) in [6.07, 6.45) is 0.196. The second-order valence-electron chi connectivity index (χ2n) is 4.81. The first-order valence-electron chi connectivity index (χ1n) is 7.30. The molecule has 0 unspecified atom stereocenters. The number of esters is 1. The van der Waals surface area contributed by atoms with Crippen LogP contribution in [0.2, 0.25) is 0 Å². The van der Waals surface area contributed by atoms with Gasteiger partial charge in [-0.2, -0.15) is 0 Å². The van der Waals surface area contributed by atoms with E-state index in [0.29, 0.717) is 10.6 Å². The zero-order chi connectivity index (χ0) is 16.8. The van der Waals surface area contributed by atoms with Crippen LogP contribution in [0.25, 0.3) is 11.1 Å². The van der Waals surface area contributed by atoms with Crippen molar-refractivity contribution in [3.63, 3.8) is 0 Å². The molecule has 0 radical (unpaired) electrons. The molecule has 0 saturated heterocycles. The van der Waals surface area contributed by atoms with Gasteiger partial charge in [0, 0.05) is 22.7 Å².